The number of hydrogen-bond acceptors (Lipinski definition) is 8. The topological polar surface area (TPSA) is 213 Å². The molecule has 1 rings (SSSR count). The molecular formula is C44H82N6O9. The highest BCUT2D eigenvalue weighted by Gasteiger charge is 2.26. The van der Waals surface area contributed by atoms with Crippen LogP contribution in [0.3, 0.4) is 0 Å². The number of carbonyl (C=O) groups excluding carboxylic acids is 5. The molecule has 15 heteroatoms. The van der Waals surface area contributed by atoms with E-state index in [2.05, 4.69) is 31.9 Å². The van der Waals surface area contributed by atoms with Gasteiger partial charge in [0.25, 0.3) is 0 Å². The fourth-order valence-corrected chi connectivity index (χ4v) is 4.70. The molecule has 0 unspecified atom stereocenters. The zero-order valence-electron chi connectivity index (χ0n) is 38.3. The van der Waals surface area contributed by atoms with Crippen molar-refractivity contribution in [1.29, 1.82) is 0 Å². The summed E-state index contributed by atoms with van der Waals surface area (Å²) in [4.78, 5) is 70.4. The normalized spacial score (nSPS) is 12.6. The highest BCUT2D eigenvalue weighted by Crippen LogP contribution is 2.12. The minimum Gasteiger partial charge on any atom is -0.480 e. The Morgan fingerprint density at radius 2 is 0.881 bits per heavy atom. The third-order valence-corrected chi connectivity index (χ3v) is 7.14. The van der Waals surface area contributed by atoms with Gasteiger partial charge in [0.05, 0.1) is 0 Å². The van der Waals surface area contributed by atoms with Crippen LogP contribution in [0.25, 0.3) is 0 Å². The number of rotatable bonds is 17. The number of amides is 6. The average molecular weight is 839 g/mol. The molecule has 0 radical (unpaired) electrons. The first-order chi connectivity index (χ1) is 26.5. The quantitative estimate of drug-likeness (QED) is 0.0802. The van der Waals surface area contributed by atoms with Crippen LogP contribution < -0.4 is 31.9 Å². The summed E-state index contributed by atoms with van der Waals surface area (Å²) in [5.41, 5.74) is -0.489. The molecule has 0 spiro atoms. The Balaban J connectivity index is -0.000000801. The van der Waals surface area contributed by atoms with Crippen LogP contribution in [-0.2, 0) is 23.9 Å². The predicted molar refractivity (Wildman–Crippen MR) is 237 cm³/mol. The number of hydrogen-bond donors (Lipinski definition) is 7. The molecule has 0 aliphatic heterocycles. The molecule has 7 N–H and O–H groups in total. The van der Waals surface area contributed by atoms with Crippen LogP contribution in [0, 0.1) is 29.6 Å². The second kappa shape index (κ2) is 29.6. The molecule has 3 atom stereocenters. The molecule has 0 bridgehead atoms. The monoisotopic (exact) mass is 839 g/mol. The van der Waals surface area contributed by atoms with Gasteiger partial charge in [-0.3, -0.25) is 9.59 Å². The van der Waals surface area contributed by atoms with E-state index in [0.717, 1.165) is 0 Å². The van der Waals surface area contributed by atoms with Gasteiger partial charge < -0.3 is 46.5 Å². The van der Waals surface area contributed by atoms with Crippen molar-refractivity contribution in [2.45, 2.75) is 167 Å². The Kier molecular flexibility index (Phi) is 29.5. The second-order valence-electron chi connectivity index (χ2n) is 18.4. The molecule has 0 aliphatic carbocycles. The van der Waals surface area contributed by atoms with Gasteiger partial charge in [0, 0.05) is 18.8 Å². The van der Waals surface area contributed by atoms with Gasteiger partial charge in [-0.15, -0.1) is 0 Å². The Hall–Kier alpha value is -4.56. The molecule has 1 aromatic rings. The maximum Gasteiger partial charge on any atom is 0.408 e. The lowest BCUT2D eigenvalue weighted by Gasteiger charge is -2.24. The van der Waals surface area contributed by atoms with Crippen LogP contribution in [0.5, 0.6) is 0 Å². The first-order valence-corrected chi connectivity index (χ1v) is 20.4. The van der Waals surface area contributed by atoms with E-state index in [4.69, 9.17) is 14.6 Å². The van der Waals surface area contributed by atoms with E-state index in [9.17, 15) is 28.8 Å². The number of benzene rings is 1. The van der Waals surface area contributed by atoms with Crippen LogP contribution in [0.2, 0.25) is 0 Å². The molecule has 15 nitrogen and oxygen atoms in total. The van der Waals surface area contributed by atoms with E-state index < -0.39 is 47.5 Å². The third kappa shape index (κ3) is 35.1. The predicted octanol–water partition coefficient (Wildman–Crippen LogP) is 8.34. The molecular weight excluding hydrogens is 757 g/mol. The zero-order chi connectivity index (χ0) is 45.4. The highest BCUT2D eigenvalue weighted by atomic mass is 16.6. The first kappa shape index (κ1) is 58.8. The largest absolute Gasteiger partial charge is 0.480 e. The van der Waals surface area contributed by atoms with E-state index in [1.54, 1.807) is 53.7 Å². The highest BCUT2D eigenvalue weighted by molar-refractivity contribution is 5.93. The van der Waals surface area contributed by atoms with E-state index >= 15 is 0 Å². The number of urea groups is 1. The molecule has 59 heavy (non-hydrogen) atoms. The van der Waals surface area contributed by atoms with Gasteiger partial charge in [-0.1, -0.05) is 94.9 Å². The summed E-state index contributed by atoms with van der Waals surface area (Å²) in [5.74, 6) is 0.230. The summed E-state index contributed by atoms with van der Waals surface area (Å²) in [6.45, 7) is 31.8. The summed E-state index contributed by atoms with van der Waals surface area (Å²) >= 11 is 0. The van der Waals surface area contributed by atoms with Gasteiger partial charge in [0.1, 0.15) is 29.3 Å². The van der Waals surface area contributed by atoms with Gasteiger partial charge in [-0.05, 0) is 103 Å². The van der Waals surface area contributed by atoms with Gasteiger partial charge >= 0.3 is 24.2 Å². The SMILES string of the molecule is C.CC(C)CNC(=O)[C@H](CC(C)C)NC(=O)Nc1ccccc1.CC(C)CNC(=O)[C@H](CC(C)C)NC(=O)OC(C)(C)C.CC(C)C[C@H](NC(=O)OC(C)(C)C)C(=O)O. The average Bonchev–Trinajstić information content (AvgIpc) is 3.03. The maximum absolute atomic E-state index is 12.2. The van der Waals surface area contributed by atoms with E-state index in [-0.39, 0.29) is 31.2 Å². The lowest BCUT2D eigenvalue weighted by atomic mass is 10.0. The van der Waals surface area contributed by atoms with Crippen molar-refractivity contribution < 1.29 is 43.3 Å². The van der Waals surface area contributed by atoms with Crippen molar-refractivity contribution in [2.24, 2.45) is 29.6 Å². The molecule has 0 aliphatic rings. The molecule has 0 saturated heterocycles. The number of carbonyl (C=O) groups is 6. The number of carboxylic acids is 1. The molecule has 0 saturated carbocycles. The summed E-state index contributed by atoms with van der Waals surface area (Å²) in [5, 5.41) is 25.1. The fourth-order valence-electron chi connectivity index (χ4n) is 4.70. The van der Waals surface area contributed by atoms with Crippen molar-refractivity contribution in [2.75, 3.05) is 18.4 Å². The van der Waals surface area contributed by atoms with E-state index in [0.29, 0.717) is 61.7 Å². The summed E-state index contributed by atoms with van der Waals surface area (Å²) in [7, 11) is 0. The Morgan fingerprint density at radius 1 is 0.542 bits per heavy atom. The summed E-state index contributed by atoms with van der Waals surface area (Å²) in [6, 6.07) is 6.83. The Morgan fingerprint density at radius 3 is 1.20 bits per heavy atom. The van der Waals surface area contributed by atoms with Crippen LogP contribution in [0.4, 0.5) is 20.1 Å². The van der Waals surface area contributed by atoms with Crippen molar-refractivity contribution in [3.05, 3.63) is 30.3 Å². The third-order valence-electron chi connectivity index (χ3n) is 7.14. The van der Waals surface area contributed by atoms with Crippen molar-refractivity contribution in [1.82, 2.24) is 26.6 Å². The van der Waals surface area contributed by atoms with E-state index in [1.807, 2.05) is 87.4 Å². The Labute approximate surface area is 356 Å². The number of alkyl carbamates (subject to hydrolysis) is 2. The molecule has 1 aromatic carbocycles. The summed E-state index contributed by atoms with van der Waals surface area (Å²) in [6.07, 6.45) is 0.326. The number of ether oxygens (including phenoxy) is 2. The maximum atomic E-state index is 12.2. The summed E-state index contributed by atoms with van der Waals surface area (Å²) < 4.78 is 10.2. The van der Waals surface area contributed by atoms with Crippen molar-refractivity contribution >= 4 is 41.7 Å². The second-order valence-corrected chi connectivity index (χ2v) is 18.4. The fraction of sp³-hybridized carbons (Fsp3) is 0.727. The van der Waals surface area contributed by atoms with Gasteiger partial charge in [-0.25, -0.2) is 19.2 Å². The van der Waals surface area contributed by atoms with Gasteiger partial charge in [-0.2, -0.15) is 0 Å². The van der Waals surface area contributed by atoms with Crippen LogP contribution >= 0.6 is 0 Å². The smallest absolute Gasteiger partial charge is 0.408 e. The number of carboxylic acid groups (broad SMARTS) is 1. The molecule has 342 valence electrons. The lowest BCUT2D eigenvalue weighted by Crippen LogP contribution is -2.49. The number of nitrogens with one attached hydrogen (secondary N) is 6. The Bertz CT molecular complexity index is 1370. The van der Waals surface area contributed by atoms with E-state index in [1.165, 1.54) is 0 Å². The number of aliphatic carboxylic acids is 1. The van der Waals surface area contributed by atoms with Crippen LogP contribution in [-0.4, -0.2) is 83.5 Å². The van der Waals surface area contributed by atoms with Gasteiger partial charge in [0.15, 0.2) is 0 Å². The molecule has 6 amide bonds. The van der Waals surface area contributed by atoms with Gasteiger partial charge in [0.2, 0.25) is 11.8 Å². The van der Waals surface area contributed by atoms with Crippen LogP contribution in [0.1, 0.15) is 137 Å². The zero-order valence-corrected chi connectivity index (χ0v) is 38.3. The minimum atomic E-state index is -1.04. The van der Waals surface area contributed by atoms with Crippen molar-refractivity contribution in [3.8, 4) is 0 Å². The molecule has 0 aromatic heterocycles. The standard InChI is InChI=1S/C17H27N3O2.C15H30N2O3.C11H21NO4.CH4/c1-12(2)10-15(16(21)18-11-13(3)4)20-17(22)19-14-8-6-5-7-9-14;1-10(2)8-12(13(18)16-9-11(3)4)17-14(19)20-15(5,6)7;1-7(2)6-8(9(13)14)12-10(15)16-11(3,4)5;/h5-9,12-13,15H,10-11H2,1-4H3,(H,18,21)(H2,19,20,22);10-12H,8-9H2,1-7H3,(H,16,18)(H,17,19);7-8H,6H2,1-5H3,(H,12,15)(H,13,14);1H4/t15-;12-;8-;/m000./s1. The number of anilines is 1. The lowest BCUT2D eigenvalue weighted by molar-refractivity contribution is -0.140. The first-order valence-electron chi connectivity index (χ1n) is 20.4. The molecule has 0 heterocycles. The van der Waals surface area contributed by atoms with Crippen molar-refractivity contribution in [3.63, 3.8) is 0 Å². The number of para-hydroxylation sites is 1. The minimum absolute atomic E-state index is 0. The molecule has 0 fully saturated rings. The van der Waals surface area contributed by atoms with Crippen LogP contribution in [0.15, 0.2) is 30.3 Å².